The number of benzene rings is 2. The van der Waals surface area contributed by atoms with Gasteiger partial charge in [0.05, 0.1) is 48.8 Å². The zero-order chi connectivity index (χ0) is 32.8. The van der Waals surface area contributed by atoms with Gasteiger partial charge in [0.1, 0.15) is 0 Å². The number of aromatic carboxylic acids is 2. The van der Waals surface area contributed by atoms with Crippen LogP contribution < -0.4 is 43.4 Å². The molecule has 0 bridgehead atoms. The van der Waals surface area contributed by atoms with E-state index in [4.69, 9.17) is 11.5 Å². The number of fused-ring (bicyclic) bond motifs is 2. The standard InChI is InChI=1S/2C14H12N6O3.Sn/c2*15-14-19-11-10(12(21)20-14)18-9(6-17-11)5-16-8-3-1-7(2-4-8)13(22)23;/h2*1-4,6,16H,5H2,(H,22,23)(H3,15,17,19,20,21);/q;;+2/p-2. The Balaban J connectivity index is 0.000000208. The maximum atomic E-state index is 11.8. The van der Waals surface area contributed by atoms with Crippen molar-refractivity contribution in [3.63, 3.8) is 0 Å². The first-order valence-corrected chi connectivity index (χ1v) is 13.2. The molecule has 2 radical (unpaired) electrons. The second kappa shape index (κ2) is 14.7. The minimum atomic E-state index is -1.23. The zero-order valence-electron chi connectivity index (χ0n) is 24.0. The molecule has 47 heavy (non-hydrogen) atoms. The van der Waals surface area contributed by atoms with Crippen LogP contribution in [-0.2, 0) is 13.1 Å². The molecule has 0 spiro atoms. The number of carbonyl (C=O) groups is 2. The van der Waals surface area contributed by atoms with Gasteiger partial charge in [-0.05, 0) is 35.4 Å². The summed E-state index contributed by atoms with van der Waals surface area (Å²) in [6.07, 6.45) is 2.97. The quantitative estimate of drug-likeness (QED) is 0.0934. The summed E-state index contributed by atoms with van der Waals surface area (Å²) in [5, 5.41) is 27.4. The number of nitrogen functional groups attached to an aromatic ring is 2. The monoisotopic (exact) mass is 742 g/mol. The molecule has 0 aliphatic heterocycles. The van der Waals surface area contributed by atoms with Gasteiger partial charge < -0.3 is 41.9 Å². The molecular formula is C28H22N12O6Sn. The number of nitrogens with two attached hydrogens (primary N) is 2. The molecule has 8 N–H and O–H groups in total. The van der Waals surface area contributed by atoms with Gasteiger partial charge in [-0.25, -0.2) is 19.9 Å². The van der Waals surface area contributed by atoms with Crippen LogP contribution in [0.25, 0.3) is 22.3 Å². The Hall–Kier alpha value is -6.18. The van der Waals surface area contributed by atoms with Gasteiger partial charge in [0.25, 0.3) is 11.1 Å². The topological polar surface area (TPSA) is 299 Å². The fraction of sp³-hybridized carbons (Fsp3) is 0.0714. The van der Waals surface area contributed by atoms with Crippen molar-refractivity contribution in [2.45, 2.75) is 13.1 Å². The average molecular weight is 741 g/mol. The maximum absolute atomic E-state index is 11.8. The van der Waals surface area contributed by atoms with Crippen molar-refractivity contribution >= 4 is 81.4 Å². The number of nitrogens with zero attached hydrogens (tertiary/aromatic N) is 6. The molecule has 18 nitrogen and oxygen atoms in total. The van der Waals surface area contributed by atoms with Crippen LogP contribution in [0.15, 0.2) is 70.5 Å². The van der Waals surface area contributed by atoms with Crippen molar-refractivity contribution in [1.29, 1.82) is 0 Å². The molecule has 0 unspecified atom stereocenters. The number of anilines is 4. The van der Waals surface area contributed by atoms with Crippen LogP contribution in [0, 0.1) is 0 Å². The van der Waals surface area contributed by atoms with Gasteiger partial charge in [-0.1, -0.05) is 24.3 Å². The summed E-state index contributed by atoms with van der Waals surface area (Å²) < 4.78 is 0. The number of H-pyrrole nitrogens is 2. The number of hydrogen-bond acceptors (Lipinski definition) is 16. The summed E-state index contributed by atoms with van der Waals surface area (Å²) in [7, 11) is 0. The Morgan fingerprint density at radius 2 is 1.00 bits per heavy atom. The van der Waals surface area contributed by atoms with E-state index in [1.807, 2.05) is 0 Å². The largest absolute Gasteiger partial charge is 2.00 e. The van der Waals surface area contributed by atoms with Gasteiger partial charge in [0, 0.05) is 11.4 Å². The van der Waals surface area contributed by atoms with Gasteiger partial charge in [-0.3, -0.25) is 19.6 Å². The molecular weight excluding hydrogens is 719 g/mol. The number of rotatable bonds is 8. The molecule has 19 heteroatoms. The molecule has 234 valence electrons. The number of carboxylic acids is 2. The van der Waals surface area contributed by atoms with Crippen molar-refractivity contribution in [2.24, 2.45) is 0 Å². The Labute approximate surface area is 279 Å². The van der Waals surface area contributed by atoms with E-state index in [0.717, 1.165) is 0 Å². The van der Waals surface area contributed by atoms with Crippen LogP contribution in [0.5, 0.6) is 0 Å². The Kier molecular flexibility index (Phi) is 10.6. The summed E-state index contributed by atoms with van der Waals surface area (Å²) in [5.41, 5.74) is 13.1. The second-order valence-corrected chi connectivity index (χ2v) is 9.41. The molecule has 0 amide bonds. The first kappa shape index (κ1) is 33.7. The first-order chi connectivity index (χ1) is 22.0. The molecule has 6 aromatic rings. The second-order valence-electron chi connectivity index (χ2n) is 9.41. The van der Waals surface area contributed by atoms with Gasteiger partial charge in [0.2, 0.25) is 11.9 Å². The van der Waals surface area contributed by atoms with Crippen molar-refractivity contribution in [3.8, 4) is 0 Å². The van der Waals surface area contributed by atoms with Crippen LogP contribution >= 0.6 is 0 Å². The van der Waals surface area contributed by atoms with E-state index < -0.39 is 23.1 Å². The SMILES string of the molecule is Nc1nc2ncc(CNc3ccc(C(=O)[O-])cc3)nc2c(=O)[nH]1.Nc1nc2ncc(CNc3ccc(C(=O)[O-])cc3)nc2c(=O)[nH]1.[Sn+2]. The third-order valence-electron chi connectivity index (χ3n) is 6.16. The molecule has 0 fully saturated rings. The predicted octanol–water partition coefficient (Wildman–Crippen LogP) is -1.84. The molecule has 0 aliphatic carbocycles. The molecule has 0 saturated carbocycles. The third-order valence-corrected chi connectivity index (χ3v) is 6.16. The summed E-state index contributed by atoms with van der Waals surface area (Å²) in [6.45, 7) is 0.606. The minimum absolute atomic E-state index is 0. The Morgan fingerprint density at radius 1 is 0.638 bits per heavy atom. The van der Waals surface area contributed by atoms with Gasteiger partial charge in [0.15, 0.2) is 22.3 Å². The number of carbonyl (C=O) groups excluding carboxylic acids is 2. The molecule has 0 atom stereocenters. The van der Waals surface area contributed by atoms with Crippen LogP contribution in [-0.4, -0.2) is 75.7 Å². The van der Waals surface area contributed by atoms with E-state index >= 15 is 0 Å². The zero-order valence-corrected chi connectivity index (χ0v) is 26.8. The molecule has 4 heterocycles. The fourth-order valence-corrected chi connectivity index (χ4v) is 3.95. The van der Waals surface area contributed by atoms with Crippen LogP contribution in [0.1, 0.15) is 32.1 Å². The van der Waals surface area contributed by atoms with E-state index in [1.165, 1.54) is 36.7 Å². The van der Waals surface area contributed by atoms with Crippen molar-refractivity contribution in [2.75, 3.05) is 22.1 Å². The van der Waals surface area contributed by atoms with E-state index in [9.17, 15) is 29.4 Å². The predicted molar refractivity (Wildman–Crippen MR) is 167 cm³/mol. The van der Waals surface area contributed by atoms with Crippen LogP contribution in [0.4, 0.5) is 23.3 Å². The van der Waals surface area contributed by atoms with E-state index in [1.54, 1.807) is 24.3 Å². The minimum Gasteiger partial charge on any atom is -0.545 e. The van der Waals surface area contributed by atoms with E-state index in [2.05, 4.69) is 50.5 Å². The smallest absolute Gasteiger partial charge is 0.545 e. The number of hydrogen-bond donors (Lipinski definition) is 6. The van der Waals surface area contributed by atoms with Crippen LogP contribution in [0.3, 0.4) is 0 Å². The molecule has 0 aliphatic rings. The maximum Gasteiger partial charge on any atom is 2.00 e. The summed E-state index contributed by atoms with van der Waals surface area (Å²) in [6, 6.07) is 12.2. The molecule has 4 aromatic heterocycles. The normalized spacial score (nSPS) is 10.4. The molecule has 0 saturated heterocycles. The van der Waals surface area contributed by atoms with Gasteiger partial charge >= 0.3 is 23.9 Å². The fourth-order valence-electron chi connectivity index (χ4n) is 3.95. The number of aromatic nitrogens is 8. The number of aromatic amines is 2. The van der Waals surface area contributed by atoms with Crippen molar-refractivity contribution < 1.29 is 19.8 Å². The Morgan fingerprint density at radius 3 is 1.34 bits per heavy atom. The molecule has 2 aromatic carbocycles. The number of nitrogens with one attached hydrogen (secondary N) is 4. The molecule has 6 rings (SSSR count). The van der Waals surface area contributed by atoms with Crippen molar-refractivity contribution in [1.82, 2.24) is 39.9 Å². The number of carboxylic acid groups (broad SMARTS) is 2. The first-order valence-electron chi connectivity index (χ1n) is 13.2. The Bertz CT molecular complexity index is 2030. The van der Waals surface area contributed by atoms with E-state index in [0.29, 0.717) is 35.9 Å². The summed E-state index contributed by atoms with van der Waals surface area (Å²) in [4.78, 5) is 73.9. The van der Waals surface area contributed by atoms with Gasteiger partial charge in [-0.2, -0.15) is 9.97 Å². The average Bonchev–Trinajstić information content (AvgIpc) is 3.03. The third kappa shape index (κ3) is 8.51. The van der Waals surface area contributed by atoms with Crippen molar-refractivity contribution in [3.05, 3.63) is 104 Å². The van der Waals surface area contributed by atoms with E-state index in [-0.39, 0.29) is 69.3 Å². The van der Waals surface area contributed by atoms with Crippen LogP contribution in [0.2, 0.25) is 0 Å². The summed E-state index contributed by atoms with van der Waals surface area (Å²) in [5.74, 6) is -2.50. The van der Waals surface area contributed by atoms with Gasteiger partial charge in [-0.15, -0.1) is 0 Å². The summed E-state index contributed by atoms with van der Waals surface area (Å²) >= 11 is 0.